The third-order valence-corrected chi connectivity index (χ3v) is 6.25. The summed E-state index contributed by atoms with van der Waals surface area (Å²) < 4.78 is 66.0. The second kappa shape index (κ2) is 12.0. The first-order valence-electron chi connectivity index (χ1n) is 10.9. The Labute approximate surface area is 219 Å². The van der Waals surface area contributed by atoms with E-state index >= 15 is 0 Å². The van der Waals surface area contributed by atoms with Crippen molar-refractivity contribution in [3.8, 4) is 0 Å². The summed E-state index contributed by atoms with van der Waals surface area (Å²) in [5.41, 5.74) is -1.97. The summed E-state index contributed by atoms with van der Waals surface area (Å²) in [7, 11) is -2.09. The van der Waals surface area contributed by atoms with E-state index in [1.165, 1.54) is 19.1 Å². The van der Waals surface area contributed by atoms with Crippen molar-refractivity contribution in [2.75, 3.05) is 21.7 Å². The van der Waals surface area contributed by atoms with Gasteiger partial charge in [0, 0.05) is 27.7 Å². The van der Waals surface area contributed by atoms with E-state index in [0.29, 0.717) is 6.07 Å². The zero-order valence-electron chi connectivity index (χ0n) is 20.4. The van der Waals surface area contributed by atoms with E-state index in [9.17, 15) is 36.2 Å². The first-order valence-corrected chi connectivity index (χ1v) is 12.8. The van der Waals surface area contributed by atoms with Crippen molar-refractivity contribution in [1.82, 2.24) is 5.32 Å². The minimum absolute atomic E-state index is 0.240. The summed E-state index contributed by atoms with van der Waals surface area (Å²) in [5, 5.41) is 4.45. The lowest BCUT2D eigenvalue weighted by Gasteiger charge is -2.31. The smallest absolute Gasteiger partial charge is 0.350 e. The minimum atomic E-state index is -4.83. The number of amides is 3. The molecule has 2 N–H and O–H groups in total. The Morgan fingerprint density at radius 3 is 2.16 bits per heavy atom. The molecule has 0 aromatic heterocycles. The molecule has 202 valence electrons. The van der Waals surface area contributed by atoms with Crippen LogP contribution in [0.15, 0.2) is 42.5 Å². The summed E-state index contributed by atoms with van der Waals surface area (Å²) in [6.45, 7) is 6.36. The summed E-state index contributed by atoms with van der Waals surface area (Å²) in [4.78, 5) is 38.9. The normalized spacial score (nSPS) is 13.4. The molecule has 0 bridgehead atoms. The average molecular weight is 564 g/mol. The maximum Gasteiger partial charge on any atom is 0.417 e. The van der Waals surface area contributed by atoms with Crippen molar-refractivity contribution in [2.45, 2.75) is 45.5 Å². The Morgan fingerprint density at radius 1 is 1.03 bits per heavy atom. The molecule has 0 spiro atoms. The van der Waals surface area contributed by atoms with Gasteiger partial charge in [0.1, 0.15) is 23.4 Å². The van der Waals surface area contributed by atoms with Crippen molar-refractivity contribution >= 4 is 51.5 Å². The number of nitrogens with one attached hydrogen (secondary N) is 2. The van der Waals surface area contributed by atoms with Gasteiger partial charge in [0.15, 0.2) is 0 Å². The standard InChI is InChI=1S/C24H26ClF4N3O4S/c1-14(22(35)31-23(2,3)4)32(17-9-10-19(25)18(11-17)24(27,28)29)21(34)13-37(36)12-20(33)30-16-7-5-15(26)6-8-16/h5-11,14H,12-13H2,1-4H3,(H,30,33)(H,31,35). The number of hydrogen-bond acceptors (Lipinski definition) is 4. The van der Waals surface area contributed by atoms with E-state index in [-0.39, 0.29) is 11.4 Å². The molecular formula is C24H26ClF4N3O4S. The Kier molecular flexibility index (Phi) is 9.84. The highest BCUT2D eigenvalue weighted by atomic mass is 35.5. The van der Waals surface area contributed by atoms with Gasteiger partial charge < -0.3 is 10.6 Å². The first-order chi connectivity index (χ1) is 17.0. The van der Waals surface area contributed by atoms with Gasteiger partial charge in [-0.25, -0.2) is 4.39 Å². The third kappa shape index (κ3) is 9.12. The molecule has 2 rings (SSSR count). The number of hydrogen-bond donors (Lipinski definition) is 2. The van der Waals surface area contributed by atoms with E-state index in [2.05, 4.69) is 10.6 Å². The quantitative estimate of drug-likeness (QED) is 0.462. The van der Waals surface area contributed by atoms with Gasteiger partial charge in [-0.15, -0.1) is 0 Å². The number of carbonyl (C=O) groups excluding carboxylic acids is 3. The molecule has 0 heterocycles. The fourth-order valence-corrected chi connectivity index (χ4v) is 4.30. The zero-order chi connectivity index (χ0) is 28.1. The van der Waals surface area contributed by atoms with Gasteiger partial charge in [-0.2, -0.15) is 13.2 Å². The van der Waals surface area contributed by atoms with Crippen LogP contribution in [0.2, 0.25) is 5.02 Å². The van der Waals surface area contributed by atoms with Crippen molar-refractivity contribution in [2.24, 2.45) is 0 Å². The molecule has 0 aliphatic rings. The van der Waals surface area contributed by atoms with Crippen LogP contribution in [0, 0.1) is 5.82 Å². The van der Waals surface area contributed by atoms with Crippen molar-refractivity contribution in [1.29, 1.82) is 0 Å². The molecule has 0 fully saturated rings. The van der Waals surface area contributed by atoms with Crippen LogP contribution >= 0.6 is 11.6 Å². The first kappa shape index (κ1) is 30.2. The lowest BCUT2D eigenvalue weighted by Crippen LogP contribution is -2.53. The molecule has 2 aromatic rings. The number of halogens is 5. The monoisotopic (exact) mass is 563 g/mol. The van der Waals surface area contributed by atoms with Crippen molar-refractivity contribution in [3.05, 3.63) is 58.9 Å². The summed E-state index contributed by atoms with van der Waals surface area (Å²) in [6.07, 6.45) is -4.83. The molecule has 2 aromatic carbocycles. The van der Waals surface area contributed by atoms with Crippen LogP contribution < -0.4 is 15.5 Å². The van der Waals surface area contributed by atoms with Crippen LogP contribution in [0.3, 0.4) is 0 Å². The number of alkyl halides is 3. The van der Waals surface area contributed by atoms with Crippen LogP contribution in [-0.4, -0.2) is 45.0 Å². The number of rotatable bonds is 8. The van der Waals surface area contributed by atoms with Gasteiger partial charge in [-0.3, -0.25) is 23.5 Å². The van der Waals surface area contributed by atoms with Crippen molar-refractivity contribution < 1.29 is 36.2 Å². The Morgan fingerprint density at radius 2 is 1.62 bits per heavy atom. The number of nitrogens with zero attached hydrogens (tertiary/aromatic N) is 1. The maximum atomic E-state index is 13.4. The Balaban J connectivity index is 2.29. The van der Waals surface area contributed by atoms with E-state index in [4.69, 9.17) is 11.6 Å². The van der Waals surface area contributed by atoms with Gasteiger partial charge in [0.2, 0.25) is 17.7 Å². The molecule has 0 saturated carbocycles. The summed E-state index contributed by atoms with van der Waals surface area (Å²) >= 11 is 5.69. The van der Waals surface area contributed by atoms with Gasteiger partial charge in [-0.1, -0.05) is 11.6 Å². The number of anilines is 2. The van der Waals surface area contributed by atoms with E-state index < -0.39 is 74.2 Å². The SMILES string of the molecule is CC(C(=O)NC(C)(C)C)N(C(=O)CS(=O)CC(=O)Nc1ccc(F)cc1)c1ccc(Cl)c(C(F)(F)F)c1. The van der Waals surface area contributed by atoms with E-state index in [1.54, 1.807) is 20.8 Å². The summed E-state index contributed by atoms with van der Waals surface area (Å²) in [5.74, 6) is -4.23. The van der Waals surface area contributed by atoms with E-state index in [1.807, 2.05) is 0 Å². The number of carbonyl (C=O) groups is 3. The molecule has 7 nitrogen and oxygen atoms in total. The predicted octanol–water partition coefficient (Wildman–Crippen LogP) is 4.52. The average Bonchev–Trinajstić information content (AvgIpc) is 2.74. The molecular weight excluding hydrogens is 538 g/mol. The van der Waals surface area contributed by atoms with Gasteiger partial charge in [0.05, 0.1) is 10.6 Å². The van der Waals surface area contributed by atoms with Crippen LogP contribution in [0.25, 0.3) is 0 Å². The lowest BCUT2D eigenvalue weighted by molar-refractivity contribution is -0.137. The maximum absolute atomic E-state index is 13.4. The fraction of sp³-hybridized carbons (Fsp3) is 0.375. The molecule has 0 aliphatic heterocycles. The topological polar surface area (TPSA) is 95.6 Å². The van der Waals surface area contributed by atoms with Crippen LogP contribution in [0.5, 0.6) is 0 Å². The van der Waals surface area contributed by atoms with E-state index in [0.717, 1.165) is 29.2 Å². The summed E-state index contributed by atoms with van der Waals surface area (Å²) in [6, 6.07) is 6.22. The molecule has 13 heteroatoms. The number of benzene rings is 2. The molecule has 0 aliphatic carbocycles. The van der Waals surface area contributed by atoms with Crippen LogP contribution in [0.1, 0.15) is 33.3 Å². The highest BCUT2D eigenvalue weighted by Crippen LogP contribution is 2.37. The molecule has 37 heavy (non-hydrogen) atoms. The highest BCUT2D eigenvalue weighted by molar-refractivity contribution is 7.86. The second-order valence-corrected chi connectivity index (χ2v) is 11.0. The van der Waals surface area contributed by atoms with Crippen LogP contribution in [-0.2, 0) is 31.4 Å². The lowest BCUT2D eigenvalue weighted by atomic mass is 10.1. The third-order valence-electron chi connectivity index (χ3n) is 4.77. The largest absolute Gasteiger partial charge is 0.417 e. The van der Waals surface area contributed by atoms with Gasteiger partial charge >= 0.3 is 6.18 Å². The van der Waals surface area contributed by atoms with Crippen LogP contribution in [0.4, 0.5) is 28.9 Å². The molecule has 0 radical (unpaired) electrons. The Bertz CT molecular complexity index is 1180. The van der Waals surface area contributed by atoms with Gasteiger partial charge in [-0.05, 0) is 70.2 Å². The van der Waals surface area contributed by atoms with Crippen molar-refractivity contribution in [3.63, 3.8) is 0 Å². The molecule has 2 unspecified atom stereocenters. The highest BCUT2D eigenvalue weighted by Gasteiger charge is 2.36. The Hall–Kier alpha value is -2.99. The molecule has 3 amide bonds. The molecule has 0 saturated heterocycles. The minimum Gasteiger partial charge on any atom is -0.350 e. The predicted molar refractivity (Wildman–Crippen MR) is 134 cm³/mol. The molecule has 2 atom stereocenters. The van der Waals surface area contributed by atoms with Gasteiger partial charge in [0.25, 0.3) is 0 Å². The zero-order valence-corrected chi connectivity index (χ0v) is 22.0. The fourth-order valence-electron chi connectivity index (χ4n) is 3.19. The second-order valence-electron chi connectivity index (χ2n) is 9.12.